The van der Waals surface area contributed by atoms with Crippen LogP contribution in [0, 0.1) is 0 Å². The third-order valence-electron chi connectivity index (χ3n) is 3.36. The van der Waals surface area contributed by atoms with Gasteiger partial charge in [-0.3, -0.25) is 4.79 Å². The summed E-state index contributed by atoms with van der Waals surface area (Å²) in [5.74, 6) is 0.595. The molecule has 6 heteroatoms. The lowest BCUT2D eigenvalue weighted by atomic mass is 10.1. The Morgan fingerprint density at radius 1 is 1.38 bits per heavy atom. The van der Waals surface area contributed by atoms with Gasteiger partial charge in [-0.25, -0.2) is 0 Å². The van der Waals surface area contributed by atoms with Crippen molar-refractivity contribution < 1.29 is 14.3 Å². The molecule has 3 N–H and O–H groups in total. The van der Waals surface area contributed by atoms with Crippen LogP contribution in [0.3, 0.4) is 0 Å². The lowest BCUT2D eigenvalue weighted by Gasteiger charge is -2.26. The molecule has 0 spiro atoms. The van der Waals surface area contributed by atoms with E-state index in [-0.39, 0.29) is 18.5 Å². The topological polar surface area (TPSA) is 76.8 Å². The first-order valence-corrected chi connectivity index (χ1v) is 6.84. The zero-order valence-electron chi connectivity index (χ0n) is 13.1. The highest BCUT2D eigenvalue weighted by molar-refractivity contribution is 5.81. The minimum absolute atomic E-state index is 0.0410. The monoisotopic (exact) mass is 295 g/mol. The maximum atomic E-state index is 11.9. The first-order chi connectivity index (χ1) is 10.0. The van der Waals surface area contributed by atoms with Crippen molar-refractivity contribution in [1.82, 2.24) is 10.2 Å². The molecule has 1 aromatic carbocycles. The van der Waals surface area contributed by atoms with Crippen molar-refractivity contribution in [3.8, 4) is 5.75 Å². The zero-order valence-corrected chi connectivity index (χ0v) is 13.1. The Hall–Kier alpha value is -1.63. The van der Waals surface area contributed by atoms with Crippen molar-refractivity contribution in [1.29, 1.82) is 0 Å². The highest BCUT2D eigenvalue weighted by Crippen LogP contribution is 2.22. The lowest BCUT2D eigenvalue weighted by Crippen LogP contribution is -2.43. The Bertz CT molecular complexity index is 448. The van der Waals surface area contributed by atoms with Gasteiger partial charge in [0.05, 0.1) is 13.2 Å². The molecule has 6 nitrogen and oxygen atoms in total. The van der Waals surface area contributed by atoms with E-state index in [0.29, 0.717) is 6.54 Å². The number of carbonyl (C=O) groups is 1. The number of benzene rings is 1. The summed E-state index contributed by atoms with van der Waals surface area (Å²) in [5.41, 5.74) is 6.56. The summed E-state index contributed by atoms with van der Waals surface area (Å²) in [6, 6.07) is 7.84. The number of hydrogen-bond acceptors (Lipinski definition) is 5. The van der Waals surface area contributed by atoms with Crippen molar-refractivity contribution in [3.05, 3.63) is 29.8 Å². The van der Waals surface area contributed by atoms with Crippen LogP contribution in [0.5, 0.6) is 5.75 Å². The molecule has 0 heterocycles. The highest BCUT2D eigenvalue weighted by atomic mass is 16.5. The van der Waals surface area contributed by atoms with Crippen LogP contribution in [0.2, 0.25) is 0 Å². The number of carbonyl (C=O) groups excluding carboxylic acids is 1. The molecular formula is C15H25N3O3. The van der Waals surface area contributed by atoms with Gasteiger partial charge in [-0.1, -0.05) is 12.1 Å². The Kier molecular flexibility index (Phi) is 7.14. The number of nitrogens with zero attached hydrogens (tertiary/aromatic N) is 1. The van der Waals surface area contributed by atoms with Gasteiger partial charge in [-0.2, -0.15) is 0 Å². The van der Waals surface area contributed by atoms with Crippen molar-refractivity contribution in [2.45, 2.75) is 12.1 Å². The quantitative estimate of drug-likeness (QED) is 0.725. The van der Waals surface area contributed by atoms with E-state index < -0.39 is 6.10 Å². The van der Waals surface area contributed by atoms with Gasteiger partial charge in [-0.15, -0.1) is 0 Å². The van der Waals surface area contributed by atoms with E-state index >= 15 is 0 Å². The fraction of sp³-hybridized carbons (Fsp3) is 0.533. The number of hydrogen-bond donors (Lipinski definition) is 2. The number of nitrogens with two attached hydrogens (primary N) is 1. The number of rotatable bonds is 8. The first-order valence-electron chi connectivity index (χ1n) is 6.84. The predicted octanol–water partition coefficient (Wildman–Crippen LogP) is 0.388. The van der Waals surface area contributed by atoms with E-state index in [9.17, 15) is 4.79 Å². The standard InChI is InChI=1S/C15H25N3O3/c1-18(2)13(10-17-15(19)14(9-16)21-4)11-6-5-7-12(8-11)20-3/h5-8,13-14H,9-10,16H2,1-4H3,(H,17,19). The van der Waals surface area contributed by atoms with E-state index in [2.05, 4.69) is 5.32 Å². The molecule has 0 saturated heterocycles. The lowest BCUT2D eigenvalue weighted by molar-refractivity contribution is -0.130. The molecule has 118 valence electrons. The molecule has 1 aromatic rings. The second-order valence-electron chi connectivity index (χ2n) is 4.96. The van der Waals surface area contributed by atoms with Crippen LogP contribution in [-0.4, -0.2) is 58.3 Å². The summed E-state index contributed by atoms with van der Waals surface area (Å²) in [4.78, 5) is 14.0. The van der Waals surface area contributed by atoms with Crippen molar-refractivity contribution in [2.75, 3.05) is 41.4 Å². The fourth-order valence-corrected chi connectivity index (χ4v) is 2.07. The van der Waals surface area contributed by atoms with Crippen LogP contribution in [0.1, 0.15) is 11.6 Å². The number of amides is 1. The molecule has 21 heavy (non-hydrogen) atoms. The summed E-state index contributed by atoms with van der Waals surface area (Å²) in [5, 5.41) is 2.88. The van der Waals surface area contributed by atoms with Crippen molar-refractivity contribution in [2.24, 2.45) is 5.73 Å². The Morgan fingerprint density at radius 3 is 2.62 bits per heavy atom. The van der Waals surface area contributed by atoms with Gasteiger partial charge in [0.2, 0.25) is 0 Å². The third kappa shape index (κ3) is 5.00. The molecule has 1 amide bonds. The minimum Gasteiger partial charge on any atom is -0.497 e. The largest absolute Gasteiger partial charge is 0.497 e. The molecule has 0 bridgehead atoms. The molecule has 0 aliphatic carbocycles. The summed E-state index contributed by atoms with van der Waals surface area (Å²) in [6.07, 6.45) is -0.613. The van der Waals surface area contributed by atoms with Gasteiger partial charge in [-0.05, 0) is 31.8 Å². The molecule has 2 unspecified atom stereocenters. The number of ether oxygens (including phenoxy) is 2. The SMILES string of the molecule is COc1cccc(C(CNC(=O)C(CN)OC)N(C)C)c1. The van der Waals surface area contributed by atoms with Crippen LogP contribution >= 0.6 is 0 Å². The molecule has 0 aliphatic rings. The van der Waals surface area contributed by atoms with Gasteiger partial charge in [0.25, 0.3) is 5.91 Å². The van der Waals surface area contributed by atoms with Crippen LogP contribution in [0.25, 0.3) is 0 Å². The first kappa shape index (κ1) is 17.4. The smallest absolute Gasteiger partial charge is 0.250 e. The van der Waals surface area contributed by atoms with Gasteiger partial charge in [0.15, 0.2) is 0 Å². The van der Waals surface area contributed by atoms with E-state index in [0.717, 1.165) is 11.3 Å². The molecule has 0 aromatic heterocycles. The predicted molar refractivity (Wildman–Crippen MR) is 82.3 cm³/mol. The molecular weight excluding hydrogens is 270 g/mol. The number of likely N-dealkylation sites (N-methyl/N-ethyl adjacent to an activating group) is 1. The van der Waals surface area contributed by atoms with E-state index in [1.165, 1.54) is 7.11 Å². The zero-order chi connectivity index (χ0) is 15.8. The fourth-order valence-electron chi connectivity index (χ4n) is 2.07. The van der Waals surface area contributed by atoms with Gasteiger partial charge < -0.3 is 25.4 Å². The molecule has 0 radical (unpaired) electrons. The summed E-state index contributed by atoms with van der Waals surface area (Å²) in [7, 11) is 7.04. The third-order valence-corrected chi connectivity index (χ3v) is 3.36. The van der Waals surface area contributed by atoms with E-state index in [1.807, 2.05) is 43.3 Å². The van der Waals surface area contributed by atoms with Gasteiger partial charge >= 0.3 is 0 Å². The van der Waals surface area contributed by atoms with Gasteiger partial charge in [0, 0.05) is 20.2 Å². The molecule has 0 aliphatic heterocycles. The second kappa shape index (κ2) is 8.61. The molecule has 0 fully saturated rings. The highest BCUT2D eigenvalue weighted by Gasteiger charge is 2.19. The summed E-state index contributed by atoms with van der Waals surface area (Å²) in [6.45, 7) is 0.632. The normalized spacial score (nSPS) is 13.8. The Labute approximate surface area is 126 Å². The minimum atomic E-state index is -0.613. The average molecular weight is 295 g/mol. The van der Waals surface area contributed by atoms with Gasteiger partial charge in [0.1, 0.15) is 11.9 Å². The van der Waals surface area contributed by atoms with E-state index in [4.69, 9.17) is 15.2 Å². The number of nitrogens with one attached hydrogen (secondary N) is 1. The van der Waals surface area contributed by atoms with Crippen LogP contribution in [-0.2, 0) is 9.53 Å². The number of methoxy groups -OCH3 is 2. The van der Waals surface area contributed by atoms with Crippen molar-refractivity contribution >= 4 is 5.91 Å². The van der Waals surface area contributed by atoms with Crippen LogP contribution in [0.4, 0.5) is 0 Å². The van der Waals surface area contributed by atoms with Crippen LogP contribution in [0.15, 0.2) is 24.3 Å². The summed E-state index contributed by atoms with van der Waals surface area (Å²) < 4.78 is 10.3. The molecule has 2 atom stereocenters. The maximum absolute atomic E-state index is 11.9. The van der Waals surface area contributed by atoms with Crippen LogP contribution < -0.4 is 15.8 Å². The average Bonchev–Trinajstić information content (AvgIpc) is 2.48. The molecule has 1 rings (SSSR count). The maximum Gasteiger partial charge on any atom is 0.250 e. The van der Waals surface area contributed by atoms with E-state index in [1.54, 1.807) is 7.11 Å². The molecule has 0 saturated carbocycles. The second-order valence-corrected chi connectivity index (χ2v) is 4.96. The van der Waals surface area contributed by atoms with Crippen molar-refractivity contribution in [3.63, 3.8) is 0 Å². The summed E-state index contributed by atoms with van der Waals surface area (Å²) >= 11 is 0. The Morgan fingerprint density at radius 2 is 2.10 bits per heavy atom. The Balaban J connectivity index is 2.76.